The average Bonchev–Trinajstić information content (AvgIpc) is 2.78. The lowest BCUT2D eigenvalue weighted by atomic mass is 9.77. The van der Waals surface area contributed by atoms with Crippen molar-refractivity contribution in [2.45, 2.75) is 38.9 Å². The van der Waals surface area contributed by atoms with Crippen molar-refractivity contribution in [2.24, 2.45) is 5.84 Å². The van der Waals surface area contributed by atoms with Crippen LogP contribution in [0.3, 0.4) is 0 Å². The van der Waals surface area contributed by atoms with Gasteiger partial charge in [-0.15, -0.1) is 0 Å². The third-order valence-electron chi connectivity index (χ3n) is 4.52. The van der Waals surface area contributed by atoms with E-state index in [1.807, 2.05) is 45.3 Å². The lowest BCUT2D eigenvalue weighted by Gasteiger charge is -2.32. The molecule has 0 unspecified atom stereocenters. The van der Waals surface area contributed by atoms with E-state index in [1.54, 1.807) is 18.2 Å². The molecule has 136 valence electrons. The van der Waals surface area contributed by atoms with E-state index in [0.29, 0.717) is 16.8 Å². The fourth-order valence-electron chi connectivity index (χ4n) is 2.30. The van der Waals surface area contributed by atoms with E-state index in [0.717, 1.165) is 0 Å². The average molecular weight is 348 g/mol. The topological polar surface area (TPSA) is 103 Å². The number of nitrogens with two attached hydrogens (primary N) is 1. The predicted octanol–water partition coefficient (Wildman–Crippen LogP) is 1.06. The standard InChI is InChI=1S/C17H25BN2O5/c1-16(2)17(3,4)25-18(24-16)13(10-21)9-12-7-5-6-8-14(12)23-11-15(22)20-19/h5-9,21H,10-11,19H2,1-4H3,(H,20,22). The molecule has 1 saturated heterocycles. The summed E-state index contributed by atoms with van der Waals surface area (Å²) in [5.41, 5.74) is 2.28. The predicted molar refractivity (Wildman–Crippen MR) is 95.4 cm³/mol. The first kappa shape index (κ1) is 19.5. The molecule has 4 N–H and O–H groups in total. The highest BCUT2D eigenvalue weighted by Crippen LogP contribution is 2.39. The molecule has 0 bridgehead atoms. The number of hydrazine groups is 1. The molecule has 0 atom stereocenters. The second kappa shape index (κ2) is 7.57. The van der Waals surface area contributed by atoms with Gasteiger partial charge in [0.1, 0.15) is 5.75 Å². The normalized spacial score (nSPS) is 19.0. The van der Waals surface area contributed by atoms with E-state index in [4.69, 9.17) is 19.9 Å². The van der Waals surface area contributed by atoms with Crippen LogP contribution in [0.2, 0.25) is 0 Å². The van der Waals surface area contributed by atoms with Gasteiger partial charge in [0, 0.05) is 5.56 Å². The Balaban J connectivity index is 2.24. The van der Waals surface area contributed by atoms with Crippen molar-refractivity contribution in [3.8, 4) is 5.75 Å². The smallest absolute Gasteiger partial charge is 0.483 e. The summed E-state index contributed by atoms with van der Waals surface area (Å²) in [6.07, 6.45) is 1.75. The van der Waals surface area contributed by atoms with Gasteiger partial charge >= 0.3 is 7.12 Å². The van der Waals surface area contributed by atoms with Crippen molar-refractivity contribution in [3.05, 3.63) is 35.3 Å². The second-order valence-corrected chi connectivity index (χ2v) is 6.86. The molecule has 0 aliphatic carbocycles. The number of rotatable bonds is 6. The molecule has 25 heavy (non-hydrogen) atoms. The van der Waals surface area contributed by atoms with Gasteiger partial charge in [0.15, 0.2) is 6.61 Å². The minimum absolute atomic E-state index is 0.202. The van der Waals surface area contributed by atoms with Gasteiger partial charge in [0.25, 0.3) is 5.91 Å². The zero-order valence-electron chi connectivity index (χ0n) is 15.0. The number of benzene rings is 1. The molecule has 1 heterocycles. The van der Waals surface area contributed by atoms with Gasteiger partial charge in [0.2, 0.25) is 0 Å². The molecular weight excluding hydrogens is 323 g/mol. The number of amides is 1. The van der Waals surface area contributed by atoms with Gasteiger partial charge in [-0.3, -0.25) is 10.2 Å². The highest BCUT2D eigenvalue weighted by atomic mass is 16.7. The number of carbonyl (C=O) groups excluding carboxylic acids is 1. The summed E-state index contributed by atoms with van der Waals surface area (Å²) in [4.78, 5) is 11.3. The monoisotopic (exact) mass is 348 g/mol. The summed E-state index contributed by atoms with van der Waals surface area (Å²) in [5, 5.41) is 9.79. The summed E-state index contributed by atoms with van der Waals surface area (Å²) in [6.45, 7) is 7.37. The second-order valence-electron chi connectivity index (χ2n) is 6.86. The SMILES string of the molecule is CC1(C)OB(C(=Cc2ccccc2OCC(=O)NN)CO)OC1(C)C. The molecule has 0 radical (unpaired) electrons. The van der Waals surface area contributed by atoms with Gasteiger partial charge in [-0.05, 0) is 39.2 Å². The number of carbonyl (C=O) groups is 1. The number of nitrogens with one attached hydrogen (secondary N) is 1. The molecule has 8 heteroatoms. The molecule has 0 saturated carbocycles. The maximum absolute atomic E-state index is 11.3. The molecule has 0 spiro atoms. The van der Waals surface area contributed by atoms with Gasteiger partial charge in [0.05, 0.1) is 17.8 Å². The van der Waals surface area contributed by atoms with E-state index in [-0.39, 0.29) is 13.2 Å². The van der Waals surface area contributed by atoms with E-state index >= 15 is 0 Å². The molecule has 1 aliphatic heterocycles. The molecule has 2 rings (SSSR count). The van der Waals surface area contributed by atoms with Crippen LogP contribution in [0.25, 0.3) is 6.08 Å². The Labute approximate surface area is 148 Å². The first-order chi connectivity index (χ1) is 11.7. The van der Waals surface area contributed by atoms with Gasteiger partial charge in [-0.1, -0.05) is 24.3 Å². The molecule has 1 aromatic rings. The van der Waals surface area contributed by atoms with Crippen LogP contribution in [0, 0.1) is 0 Å². The Morgan fingerprint density at radius 3 is 2.44 bits per heavy atom. The van der Waals surface area contributed by atoms with Gasteiger partial charge < -0.3 is 19.2 Å². The number of hydrogen-bond donors (Lipinski definition) is 3. The van der Waals surface area contributed by atoms with Crippen LogP contribution in [0.15, 0.2) is 29.7 Å². The fraction of sp³-hybridized carbons (Fsp3) is 0.471. The van der Waals surface area contributed by atoms with Crippen LogP contribution < -0.4 is 16.0 Å². The summed E-state index contributed by atoms with van der Waals surface area (Å²) in [5.74, 6) is 5.11. The number of hydrogen-bond acceptors (Lipinski definition) is 6. The Morgan fingerprint density at radius 2 is 1.88 bits per heavy atom. The van der Waals surface area contributed by atoms with E-state index in [1.165, 1.54) is 0 Å². The Hall–Kier alpha value is -1.87. The fourth-order valence-corrected chi connectivity index (χ4v) is 2.30. The molecule has 7 nitrogen and oxygen atoms in total. The Bertz CT molecular complexity index is 644. The van der Waals surface area contributed by atoms with Crippen LogP contribution in [-0.4, -0.2) is 42.5 Å². The van der Waals surface area contributed by atoms with E-state index in [9.17, 15) is 9.90 Å². The quantitative estimate of drug-likeness (QED) is 0.307. The highest BCUT2D eigenvalue weighted by molar-refractivity contribution is 6.55. The maximum Gasteiger partial charge on any atom is 0.492 e. The zero-order chi connectivity index (χ0) is 18.7. The van der Waals surface area contributed by atoms with Crippen molar-refractivity contribution in [1.29, 1.82) is 0 Å². The van der Waals surface area contributed by atoms with Crippen LogP contribution >= 0.6 is 0 Å². The first-order valence-electron chi connectivity index (χ1n) is 8.08. The van der Waals surface area contributed by atoms with Crippen molar-refractivity contribution >= 4 is 19.1 Å². The number of aliphatic hydroxyl groups is 1. The van der Waals surface area contributed by atoms with Crippen LogP contribution in [0.5, 0.6) is 5.75 Å². The number of ether oxygens (including phenoxy) is 1. The van der Waals surface area contributed by atoms with Crippen LogP contribution in [-0.2, 0) is 14.1 Å². The summed E-state index contributed by atoms with van der Waals surface area (Å²) in [7, 11) is -0.657. The third kappa shape index (κ3) is 4.41. The van der Waals surface area contributed by atoms with Gasteiger partial charge in [-0.2, -0.15) is 0 Å². The summed E-state index contributed by atoms with van der Waals surface area (Å²) < 4.78 is 17.4. The van der Waals surface area contributed by atoms with Crippen LogP contribution in [0.4, 0.5) is 0 Å². The molecule has 1 aliphatic rings. The lowest BCUT2D eigenvalue weighted by Crippen LogP contribution is -2.41. The first-order valence-corrected chi connectivity index (χ1v) is 8.08. The van der Waals surface area contributed by atoms with Crippen molar-refractivity contribution < 1.29 is 23.9 Å². The van der Waals surface area contributed by atoms with Gasteiger partial charge in [-0.25, -0.2) is 5.84 Å². The zero-order valence-corrected chi connectivity index (χ0v) is 15.0. The van der Waals surface area contributed by atoms with Crippen LogP contribution in [0.1, 0.15) is 33.3 Å². The Morgan fingerprint density at radius 1 is 1.28 bits per heavy atom. The Kier molecular flexibility index (Phi) is 5.89. The molecular formula is C17H25BN2O5. The summed E-state index contributed by atoms with van der Waals surface area (Å²) >= 11 is 0. The maximum atomic E-state index is 11.3. The lowest BCUT2D eigenvalue weighted by molar-refractivity contribution is -0.123. The largest absolute Gasteiger partial charge is 0.492 e. The van der Waals surface area contributed by atoms with Crippen molar-refractivity contribution in [2.75, 3.05) is 13.2 Å². The van der Waals surface area contributed by atoms with E-state index in [2.05, 4.69) is 0 Å². The van der Waals surface area contributed by atoms with Crippen molar-refractivity contribution in [3.63, 3.8) is 0 Å². The molecule has 1 amide bonds. The van der Waals surface area contributed by atoms with Crippen molar-refractivity contribution in [1.82, 2.24) is 5.43 Å². The summed E-state index contributed by atoms with van der Waals surface area (Å²) in [6, 6.07) is 7.17. The molecule has 1 fully saturated rings. The number of aliphatic hydroxyl groups excluding tert-OH is 1. The highest BCUT2D eigenvalue weighted by Gasteiger charge is 2.52. The van der Waals surface area contributed by atoms with E-state index < -0.39 is 24.2 Å². The minimum Gasteiger partial charge on any atom is -0.483 e. The minimum atomic E-state index is -0.657. The number of para-hydroxylation sites is 1. The molecule has 1 aromatic carbocycles. The third-order valence-corrected chi connectivity index (χ3v) is 4.52. The molecule has 0 aromatic heterocycles.